The molecule has 0 aliphatic carbocycles. The summed E-state index contributed by atoms with van der Waals surface area (Å²) in [6.07, 6.45) is 4.56. The van der Waals surface area contributed by atoms with Crippen molar-refractivity contribution in [3.63, 3.8) is 0 Å². The van der Waals surface area contributed by atoms with E-state index in [0.29, 0.717) is 22.7 Å². The smallest absolute Gasteiger partial charge is 0.341 e. The van der Waals surface area contributed by atoms with E-state index in [2.05, 4.69) is 10.1 Å². The van der Waals surface area contributed by atoms with Crippen LogP contribution in [0.2, 0.25) is 5.02 Å². The molecule has 0 atom stereocenters. The second-order valence-electron chi connectivity index (χ2n) is 5.26. The van der Waals surface area contributed by atoms with Crippen molar-refractivity contribution in [2.24, 2.45) is 0 Å². The van der Waals surface area contributed by atoms with Crippen LogP contribution >= 0.6 is 11.6 Å². The molecule has 6 nitrogen and oxygen atoms in total. The van der Waals surface area contributed by atoms with Gasteiger partial charge in [-0.1, -0.05) is 29.8 Å². The van der Waals surface area contributed by atoms with Crippen LogP contribution in [-0.2, 0) is 17.9 Å². The van der Waals surface area contributed by atoms with E-state index < -0.39 is 5.97 Å². The molecular formula is C18H13ClN4O2. The van der Waals surface area contributed by atoms with Gasteiger partial charge in [-0.2, -0.15) is 10.4 Å². The second kappa shape index (κ2) is 7.60. The average Bonchev–Trinajstić information content (AvgIpc) is 3.10. The number of hydrogen-bond donors (Lipinski definition) is 0. The van der Waals surface area contributed by atoms with Crippen LogP contribution in [0.4, 0.5) is 0 Å². The summed E-state index contributed by atoms with van der Waals surface area (Å²) in [6.45, 7) is 0.522. The summed E-state index contributed by atoms with van der Waals surface area (Å²) in [5, 5.41) is 13.6. The van der Waals surface area contributed by atoms with Crippen molar-refractivity contribution in [3.05, 3.63) is 82.4 Å². The van der Waals surface area contributed by atoms with Gasteiger partial charge in [-0.25, -0.2) is 9.78 Å². The summed E-state index contributed by atoms with van der Waals surface area (Å²) in [7, 11) is 0. The highest BCUT2D eigenvalue weighted by atomic mass is 35.5. The normalized spacial score (nSPS) is 10.2. The van der Waals surface area contributed by atoms with E-state index in [1.54, 1.807) is 29.1 Å². The monoisotopic (exact) mass is 352 g/mol. The van der Waals surface area contributed by atoms with Crippen LogP contribution in [0.5, 0.6) is 0 Å². The van der Waals surface area contributed by atoms with Crippen molar-refractivity contribution in [2.75, 3.05) is 0 Å². The molecule has 25 heavy (non-hydrogen) atoms. The Morgan fingerprint density at radius 3 is 2.96 bits per heavy atom. The number of ether oxygens (including phenoxy) is 1. The van der Waals surface area contributed by atoms with Gasteiger partial charge >= 0.3 is 5.97 Å². The van der Waals surface area contributed by atoms with Crippen LogP contribution < -0.4 is 0 Å². The van der Waals surface area contributed by atoms with Crippen molar-refractivity contribution >= 4 is 17.6 Å². The number of benzene rings is 1. The molecule has 7 heteroatoms. The average molecular weight is 353 g/mol. The Morgan fingerprint density at radius 1 is 1.32 bits per heavy atom. The first-order valence-corrected chi connectivity index (χ1v) is 7.81. The molecule has 2 aromatic heterocycles. The van der Waals surface area contributed by atoms with E-state index in [9.17, 15) is 4.79 Å². The van der Waals surface area contributed by atoms with Crippen molar-refractivity contribution < 1.29 is 9.53 Å². The Bertz CT molecular complexity index is 946. The van der Waals surface area contributed by atoms with Crippen LogP contribution in [0.25, 0.3) is 0 Å². The number of nitrogens with zero attached hydrogens (tertiary/aromatic N) is 4. The first-order valence-electron chi connectivity index (χ1n) is 7.44. The molecule has 124 valence electrons. The van der Waals surface area contributed by atoms with Gasteiger partial charge in [-0.3, -0.25) is 4.68 Å². The van der Waals surface area contributed by atoms with Gasteiger partial charge < -0.3 is 4.74 Å². The Morgan fingerprint density at radius 2 is 2.16 bits per heavy atom. The quantitative estimate of drug-likeness (QED) is 0.658. The molecule has 0 radical (unpaired) electrons. The zero-order valence-electron chi connectivity index (χ0n) is 13.1. The maximum absolute atomic E-state index is 12.1. The number of rotatable bonds is 5. The number of hydrogen-bond acceptors (Lipinski definition) is 5. The third kappa shape index (κ3) is 4.22. The van der Waals surface area contributed by atoms with E-state index in [1.807, 2.05) is 24.3 Å². The van der Waals surface area contributed by atoms with Crippen LogP contribution in [-0.4, -0.2) is 20.7 Å². The second-order valence-corrected chi connectivity index (χ2v) is 5.66. The fourth-order valence-electron chi connectivity index (χ4n) is 2.21. The van der Waals surface area contributed by atoms with Gasteiger partial charge in [0.15, 0.2) is 0 Å². The van der Waals surface area contributed by atoms with Crippen LogP contribution in [0.1, 0.15) is 27.2 Å². The molecule has 0 aliphatic rings. The Kier molecular flexibility index (Phi) is 5.07. The molecule has 1 aromatic carbocycles. The van der Waals surface area contributed by atoms with Gasteiger partial charge in [0.2, 0.25) is 0 Å². The molecule has 0 unspecified atom stereocenters. The number of halogens is 1. The SMILES string of the molecule is N#Cc1cc(COC(=O)c2cnn(Cc3ccccc3Cl)c2)ccn1. The number of nitriles is 1. The summed E-state index contributed by atoms with van der Waals surface area (Å²) in [5.41, 5.74) is 2.24. The zero-order valence-corrected chi connectivity index (χ0v) is 13.8. The number of carbonyl (C=O) groups is 1. The molecule has 0 amide bonds. The molecule has 3 rings (SSSR count). The van der Waals surface area contributed by atoms with E-state index in [1.165, 1.54) is 12.4 Å². The summed E-state index contributed by atoms with van der Waals surface area (Å²) in [4.78, 5) is 16.0. The Labute approximate surface area is 149 Å². The molecule has 0 saturated carbocycles. The predicted octanol–water partition coefficient (Wildman–Crippen LogP) is 3.21. The highest BCUT2D eigenvalue weighted by Gasteiger charge is 2.11. The predicted molar refractivity (Wildman–Crippen MR) is 90.9 cm³/mol. The van der Waals surface area contributed by atoms with Gasteiger partial charge in [-0.15, -0.1) is 0 Å². The summed E-state index contributed by atoms with van der Waals surface area (Å²) >= 11 is 6.13. The van der Waals surface area contributed by atoms with Crippen LogP contribution in [0.3, 0.4) is 0 Å². The van der Waals surface area contributed by atoms with Gasteiger partial charge in [0.05, 0.1) is 18.3 Å². The third-order valence-electron chi connectivity index (χ3n) is 3.47. The highest BCUT2D eigenvalue weighted by molar-refractivity contribution is 6.31. The molecule has 2 heterocycles. The lowest BCUT2D eigenvalue weighted by Crippen LogP contribution is -2.05. The van der Waals surface area contributed by atoms with Crippen molar-refractivity contribution in [3.8, 4) is 6.07 Å². The molecule has 0 fully saturated rings. The molecule has 0 aliphatic heterocycles. The van der Waals surface area contributed by atoms with Crippen LogP contribution in [0.15, 0.2) is 55.0 Å². The van der Waals surface area contributed by atoms with Gasteiger partial charge in [0.1, 0.15) is 18.4 Å². The lowest BCUT2D eigenvalue weighted by molar-refractivity contribution is 0.0472. The maximum Gasteiger partial charge on any atom is 0.341 e. The number of carbonyl (C=O) groups excluding carboxylic acids is 1. The molecular weight excluding hydrogens is 340 g/mol. The Balaban J connectivity index is 1.62. The molecule has 0 spiro atoms. The number of esters is 1. The Hall–Kier alpha value is -3.17. The summed E-state index contributed by atoms with van der Waals surface area (Å²) in [5.74, 6) is -0.485. The lowest BCUT2D eigenvalue weighted by Gasteiger charge is -2.04. The maximum atomic E-state index is 12.1. The largest absolute Gasteiger partial charge is 0.457 e. The van der Waals surface area contributed by atoms with Crippen molar-refractivity contribution in [1.29, 1.82) is 5.26 Å². The molecule has 3 aromatic rings. The summed E-state index contributed by atoms with van der Waals surface area (Å²) < 4.78 is 6.87. The van der Waals surface area contributed by atoms with E-state index in [4.69, 9.17) is 21.6 Å². The van der Waals surface area contributed by atoms with E-state index in [-0.39, 0.29) is 12.3 Å². The lowest BCUT2D eigenvalue weighted by atomic mass is 10.2. The minimum absolute atomic E-state index is 0.0612. The molecule has 0 saturated heterocycles. The van der Waals surface area contributed by atoms with Crippen LogP contribution in [0, 0.1) is 11.3 Å². The third-order valence-corrected chi connectivity index (χ3v) is 3.84. The minimum Gasteiger partial charge on any atom is -0.457 e. The highest BCUT2D eigenvalue weighted by Crippen LogP contribution is 2.16. The fourth-order valence-corrected chi connectivity index (χ4v) is 2.41. The van der Waals surface area contributed by atoms with Gasteiger partial charge in [0, 0.05) is 17.4 Å². The molecule has 0 bridgehead atoms. The topological polar surface area (TPSA) is 80.8 Å². The fraction of sp³-hybridized carbons (Fsp3) is 0.111. The van der Waals surface area contributed by atoms with Gasteiger partial charge in [-0.05, 0) is 29.3 Å². The van der Waals surface area contributed by atoms with Crippen molar-refractivity contribution in [1.82, 2.24) is 14.8 Å². The molecule has 0 N–H and O–H groups in total. The summed E-state index contributed by atoms with van der Waals surface area (Å²) in [6, 6.07) is 12.7. The van der Waals surface area contributed by atoms with E-state index >= 15 is 0 Å². The first-order chi connectivity index (χ1) is 12.2. The zero-order chi connectivity index (χ0) is 17.6. The van der Waals surface area contributed by atoms with Gasteiger partial charge in [0.25, 0.3) is 0 Å². The van der Waals surface area contributed by atoms with Crippen molar-refractivity contribution in [2.45, 2.75) is 13.2 Å². The number of aromatic nitrogens is 3. The van der Waals surface area contributed by atoms with E-state index in [0.717, 1.165) is 5.56 Å². The number of pyridine rings is 1. The first kappa shape index (κ1) is 16.7. The minimum atomic E-state index is -0.485. The standard InChI is InChI=1S/C18H13ClN4O2/c19-17-4-2-1-3-14(17)10-23-11-15(9-22-23)18(24)25-12-13-5-6-21-16(7-13)8-20/h1-7,9,11H,10,12H2.